The van der Waals surface area contributed by atoms with Gasteiger partial charge < -0.3 is 0 Å². The SMILES string of the molecule is Cc1ccc(C)c(C(=O)[C@H](C)Sc2nnnn2-c2ccccc2C)c1. The summed E-state index contributed by atoms with van der Waals surface area (Å²) in [5.74, 6) is 0.0885. The standard InChI is InChI=1S/C19H20N4OS/c1-12-9-10-13(2)16(11-12)18(24)15(4)25-19-20-21-22-23(19)17-8-6-5-7-14(17)3/h5-11,15H,1-4H3/t15-/m0/s1. The number of ketones is 1. The Morgan fingerprint density at radius 2 is 1.84 bits per heavy atom. The number of aromatic nitrogens is 4. The third-order valence-corrected chi connectivity index (χ3v) is 5.13. The van der Waals surface area contributed by atoms with Gasteiger partial charge in [-0.1, -0.05) is 47.7 Å². The van der Waals surface area contributed by atoms with Gasteiger partial charge in [0, 0.05) is 5.56 Å². The smallest absolute Gasteiger partial charge is 0.214 e. The average Bonchev–Trinajstić information content (AvgIpc) is 3.04. The van der Waals surface area contributed by atoms with Crippen molar-refractivity contribution in [3.05, 3.63) is 64.7 Å². The summed E-state index contributed by atoms with van der Waals surface area (Å²) >= 11 is 1.38. The van der Waals surface area contributed by atoms with Gasteiger partial charge in [0.25, 0.3) is 0 Å². The van der Waals surface area contributed by atoms with Gasteiger partial charge in [-0.3, -0.25) is 4.79 Å². The minimum absolute atomic E-state index is 0.0885. The van der Waals surface area contributed by atoms with E-state index in [1.165, 1.54) is 11.8 Å². The molecule has 6 heteroatoms. The minimum atomic E-state index is -0.283. The fourth-order valence-electron chi connectivity index (χ4n) is 2.64. The predicted octanol–water partition coefficient (Wildman–Crippen LogP) is 3.95. The molecule has 0 radical (unpaired) electrons. The summed E-state index contributed by atoms with van der Waals surface area (Å²) in [4.78, 5) is 12.9. The van der Waals surface area contributed by atoms with Crippen LogP contribution in [0.4, 0.5) is 0 Å². The molecule has 0 unspecified atom stereocenters. The number of carbonyl (C=O) groups excluding carboxylic acids is 1. The molecule has 0 aliphatic carbocycles. The van der Waals surface area contributed by atoms with Crippen LogP contribution in [0, 0.1) is 20.8 Å². The molecule has 0 fully saturated rings. The number of tetrazole rings is 1. The topological polar surface area (TPSA) is 60.7 Å². The van der Waals surface area contributed by atoms with Crippen molar-refractivity contribution in [1.29, 1.82) is 0 Å². The van der Waals surface area contributed by atoms with Gasteiger partial charge in [-0.25, -0.2) is 0 Å². The molecule has 2 aromatic carbocycles. The van der Waals surface area contributed by atoms with E-state index in [0.29, 0.717) is 5.16 Å². The van der Waals surface area contributed by atoms with E-state index >= 15 is 0 Å². The number of aryl methyl sites for hydroxylation is 3. The number of thioether (sulfide) groups is 1. The van der Waals surface area contributed by atoms with Crippen LogP contribution in [0.3, 0.4) is 0 Å². The van der Waals surface area contributed by atoms with Crippen molar-refractivity contribution in [2.45, 2.75) is 38.1 Å². The van der Waals surface area contributed by atoms with Gasteiger partial charge in [-0.2, -0.15) is 4.68 Å². The molecule has 5 nitrogen and oxygen atoms in total. The Kier molecular flexibility index (Phi) is 4.99. The summed E-state index contributed by atoms with van der Waals surface area (Å²) in [6.07, 6.45) is 0. The first kappa shape index (κ1) is 17.4. The van der Waals surface area contributed by atoms with Gasteiger partial charge in [-0.05, 0) is 61.4 Å². The monoisotopic (exact) mass is 352 g/mol. The van der Waals surface area contributed by atoms with E-state index in [-0.39, 0.29) is 11.0 Å². The molecule has 0 saturated carbocycles. The number of para-hydroxylation sites is 1. The molecule has 3 aromatic rings. The van der Waals surface area contributed by atoms with Gasteiger partial charge in [0.15, 0.2) is 5.78 Å². The number of benzene rings is 2. The van der Waals surface area contributed by atoms with Crippen LogP contribution in [0.25, 0.3) is 5.69 Å². The summed E-state index contributed by atoms with van der Waals surface area (Å²) in [5, 5.41) is 12.3. The summed E-state index contributed by atoms with van der Waals surface area (Å²) in [6, 6.07) is 13.8. The maximum Gasteiger partial charge on any atom is 0.214 e. The zero-order chi connectivity index (χ0) is 18.0. The molecule has 1 atom stereocenters. The Morgan fingerprint density at radius 1 is 1.08 bits per heavy atom. The van der Waals surface area contributed by atoms with E-state index in [1.807, 2.05) is 70.2 Å². The van der Waals surface area contributed by atoms with Crippen molar-refractivity contribution >= 4 is 17.5 Å². The number of hydrogen-bond donors (Lipinski definition) is 0. The lowest BCUT2D eigenvalue weighted by atomic mass is 10.0. The molecule has 0 aliphatic rings. The van der Waals surface area contributed by atoms with Crippen LogP contribution in [0.1, 0.15) is 34.0 Å². The van der Waals surface area contributed by atoms with Crippen molar-refractivity contribution in [2.24, 2.45) is 0 Å². The van der Waals surface area contributed by atoms with Crippen molar-refractivity contribution in [1.82, 2.24) is 20.2 Å². The maximum absolute atomic E-state index is 12.9. The van der Waals surface area contributed by atoms with Gasteiger partial charge in [0.1, 0.15) is 0 Å². The van der Waals surface area contributed by atoms with Gasteiger partial charge in [-0.15, -0.1) is 5.10 Å². The van der Waals surface area contributed by atoms with Crippen LogP contribution in [-0.4, -0.2) is 31.2 Å². The molecular formula is C19H20N4OS. The number of hydrogen-bond acceptors (Lipinski definition) is 5. The van der Waals surface area contributed by atoms with Crippen LogP contribution in [0.5, 0.6) is 0 Å². The summed E-state index contributed by atoms with van der Waals surface area (Å²) in [7, 11) is 0. The molecule has 0 bridgehead atoms. The molecule has 0 aliphatic heterocycles. The normalized spacial score (nSPS) is 12.2. The zero-order valence-corrected chi connectivity index (χ0v) is 15.5. The van der Waals surface area contributed by atoms with E-state index < -0.39 is 0 Å². The first-order valence-electron chi connectivity index (χ1n) is 8.10. The third-order valence-electron chi connectivity index (χ3n) is 4.09. The molecule has 1 heterocycles. The number of Topliss-reactive ketones (excluding diaryl/α,β-unsaturated/α-hetero) is 1. The van der Waals surface area contributed by atoms with Crippen LogP contribution in [0.15, 0.2) is 47.6 Å². The molecule has 0 saturated heterocycles. The lowest BCUT2D eigenvalue weighted by Gasteiger charge is -2.13. The van der Waals surface area contributed by atoms with Crippen molar-refractivity contribution in [3.8, 4) is 5.69 Å². The molecule has 3 rings (SSSR count). The van der Waals surface area contributed by atoms with Crippen LogP contribution in [0.2, 0.25) is 0 Å². The van der Waals surface area contributed by atoms with E-state index in [0.717, 1.165) is 27.9 Å². The van der Waals surface area contributed by atoms with Crippen LogP contribution >= 0.6 is 11.8 Å². The second-order valence-corrected chi connectivity index (χ2v) is 7.41. The van der Waals surface area contributed by atoms with E-state index in [9.17, 15) is 4.79 Å². The molecule has 0 spiro atoms. The number of rotatable bonds is 5. The Balaban J connectivity index is 1.86. The van der Waals surface area contributed by atoms with Crippen molar-refractivity contribution < 1.29 is 4.79 Å². The van der Waals surface area contributed by atoms with E-state index in [4.69, 9.17) is 0 Å². The number of nitrogens with zero attached hydrogens (tertiary/aromatic N) is 4. The van der Waals surface area contributed by atoms with E-state index in [1.54, 1.807) is 4.68 Å². The largest absolute Gasteiger partial charge is 0.293 e. The van der Waals surface area contributed by atoms with E-state index in [2.05, 4.69) is 15.5 Å². The Bertz CT molecular complexity index is 919. The molecule has 1 aromatic heterocycles. The van der Waals surface area contributed by atoms with Gasteiger partial charge in [0.2, 0.25) is 5.16 Å². The fraction of sp³-hybridized carbons (Fsp3) is 0.263. The third kappa shape index (κ3) is 3.64. The van der Waals surface area contributed by atoms with Crippen molar-refractivity contribution in [2.75, 3.05) is 0 Å². The first-order valence-corrected chi connectivity index (χ1v) is 8.98. The minimum Gasteiger partial charge on any atom is -0.293 e. The fourth-order valence-corrected chi connectivity index (χ4v) is 3.51. The predicted molar refractivity (Wildman–Crippen MR) is 99.5 cm³/mol. The highest BCUT2D eigenvalue weighted by Crippen LogP contribution is 2.27. The molecular weight excluding hydrogens is 332 g/mol. The van der Waals surface area contributed by atoms with Crippen LogP contribution in [-0.2, 0) is 0 Å². The average molecular weight is 352 g/mol. The summed E-state index contributed by atoms with van der Waals surface area (Å²) in [6.45, 7) is 7.86. The van der Waals surface area contributed by atoms with Gasteiger partial charge >= 0.3 is 0 Å². The molecule has 25 heavy (non-hydrogen) atoms. The molecule has 0 amide bonds. The van der Waals surface area contributed by atoms with Gasteiger partial charge in [0.05, 0.1) is 10.9 Å². The Labute approximate surface area is 151 Å². The lowest BCUT2D eigenvalue weighted by Crippen LogP contribution is -2.16. The number of carbonyl (C=O) groups is 1. The van der Waals surface area contributed by atoms with Crippen molar-refractivity contribution in [3.63, 3.8) is 0 Å². The molecule has 0 N–H and O–H groups in total. The summed E-state index contributed by atoms with van der Waals surface area (Å²) in [5.41, 5.74) is 4.82. The second-order valence-electron chi connectivity index (χ2n) is 6.10. The van der Waals surface area contributed by atoms with Crippen LogP contribution < -0.4 is 0 Å². The highest BCUT2D eigenvalue weighted by molar-refractivity contribution is 8.00. The lowest BCUT2D eigenvalue weighted by molar-refractivity contribution is 0.0993. The second kappa shape index (κ2) is 7.19. The Morgan fingerprint density at radius 3 is 2.60 bits per heavy atom. The summed E-state index contributed by atoms with van der Waals surface area (Å²) < 4.78 is 1.69. The quantitative estimate of drug-likeness (QED) is 0.514. The first-order chi connectivity index (χ1) is 12.0. The highest BCUT2D eigenvalue weighted by Gasteiger charge is 2.22. The Hall–Kier alpha value is -2.47. The highest BCUT2D eigenvalue weighted by atomic mass is 32.2. The molecule has 128 valence electrons. The maximum atomic E-state index is 12.9. The zero-order valence-electron chi connectivity index (χ0n) is 14.7.